The largest absolute Gasteiger partial charge is 1.00 e. The van der Waals surface area contributed by atoms with Crippen LogP contribution in [-0.4, -0.2) is 43.1 Å². The molecule has 6 heteroatoms. The predicted octanol–water partition coefficient (Wildman–Crippen LogP) is -3.36. The SMILES string of the molecule is Cc1[nH]cc[n+]1CCOCCOCCO.[Cl-]. The number of aromatic nitrogens is 2. The summed E-state index contributed by atoms with van der Waals surface area (Å²) in [7, 11) is 0. The van der Waals surface area contributed by atoms with Crippen LogP contribution in [0.15, 0.2) is 12.4 Å². The number of hydrogen-bond acceptors (Lipinski definition) is 3. The van der Waals surface area contributed by atoms with E-state index in [0.717, 1.165) is 12.4 Å². The van der Waals surface area contributed by atoms with Crippen LogP contribution in [0.5, 0.6) is 0 Å². The Morgan fingerprint density at radius 1 is 1.25 bits per heavy atom. The third kappa shape index (κ3) is 6.07. The summed E-state index contributed by atoms with van der Waals surface area (Å²) in [5, 5.41) is 8.45. The van der Waals surface area contributed by atoms with Crippen LogP contribution < -0.4 is 17.0 Å². The van der Waals surface area contributed by atoms with Crippen molar-refractivity contribution in [3.8, 4) is 0 Å². The number of rotatable bonds is 8. The van der Waals surface area contributed by atoms with E-state index in [-0.39, 0.29) is 19.0 Å². The van der Waals surface area contributed by atoms with Gasteiger partial charge in [0.1, 0.15) is 18.9 Å². The number of aromatic amines is 1. The Morgan fingerprint density at radius 2 is 1.94 bits per heavy atom. The fraction of sp³-hybridized carbons (Fsp3) is 0.700. The second kappa shape index (κ2) is 9.59. The Morgan fingerprint density at radius 3 is 2.50 bits per heavy atom. The van der Waals surface area contributed by atoms with E-state index in [4.69, 9.17) is 14.6 Å². The molecule has 0 aromatic carbocycles. The summed E-state index contributed by atoms with van der Waals surface area (Å²) in [6.07, 6.45) is 3.89. The zero-order chi connectivity index (χ0) is 10.9. The van der Waals surface area contributed by atoms with E-state index in [9.17, 15) is 0 Å². The van der Waals surface area contributed by atoms with Crippen molar-refractivity contribution in [2.45, 2.75) is 13.5 Å². The van der Waals surface area contributed by atoms with Crippen LogP contribution in [0.1, 0.15) is 5.82 Å². The van der Waals surface area contributed by atoms with E-state index < -0.39 is 0 Å². The quantitative estimate of drug-likeness (QED) is 0.374. The highest BCUT2D eigenvalue weighted by Gasteiger charge is 2.02. The van der Waals surface area contributed by atoms with Crippen molar-refractivity contribution < 1.29 is 31.6 Å². The Hall–Kier alpha value is -0.620. The molecule has 2 N–H and O–H groups in total. The summed E-state index contributed by atoms with van der Waals surface area (Å²) < 4.78 is 12.5. The van der Waals surface area contributed by atoms with E-state index in [1.807, 2.05) is 19.3 Å². The van der Waals surface area contributed by atoms with Crippen molar-refractivity contribution >= 4 is 0 Å². The molecular weight excluding hydrogens is 232 g/mol. The summed E-state index contributed by atoms with van der Waals surface area (Å²) in [4.78, 5) is 3.09. The maximum Gasteiger partial charge on any atom is 0.251 e. The molecule has 16 heavy (non-hydrogen) atoms. The molecule has 0 radical (unpaired) electrons. The first kappa shape index (κ1) is 15.4. The third-order valence-electron chi connectivity index (χ3n) is 2.06. The standard InChI is InChI=1S/C10H18N2O3.ClH/c1-10-11-2-3-12(10)4-6-14-8-9-15-7-5-13;/h2-3,13H,4-9H2,1H3;1H. The van der Waals surface area contributed by atoms with Crippen molar-refractivity contribution in [2.75, 3.05) is 33.0 Å². The van der Waals surface area contributed by atoms with Gasteiger partial charge in [-0.15, -0.1) is 0 Å². The molecule has 1 heterocycles. The maximum atomic E-state index is 8.45. The molecule has 0 saturated heterocycles. The second-order valence-corrected chi connectivity index (χ2v) is 3.19. The van der Waals surface area contributed by atoms with E-state index >= 15 is 0 Å². The molecule has 0 spiro atoms. The molecule has 1 rings (SSSR count). The summed E-state index contributed by atoms with van der Waals surface area (Å²) >= 11 is 0. The Bertz CT molecular complexity index is 268. The number of aliphatic hydroxyl groups is 1. The van der Waals surface area contributed by atoms with Crippen LogP contribution in [-0.2, 0) is 16.0 Å². The van der Waals surface area contributed by atoms with Crippen LogP contribution in [0.3, 0.4) is 0 Å². The number of imidazole rings is 1. The molecule has 0 fully saturated rings. The highest BCUT2D eigenvalue weighted by Crippen LogP contribution is 1.83. The molecule has 0 unspecified atom stereocenters. The number of ether oxygens (including phenoxy) is 2. The van der Waals surface area contributed by atoms with Gasteiger partial charge in [0.15, 0.2) is 0 Å². The van der Waals surface area contributed by atoms with Gasteiger partial charge in [0, 0.05) is 6.92 Å². The van der Waals surface area contributed by atoms with Crippen LogP contribution >= 0.6 is 0 Å². The minimum atomic E-state index is 0. The zero-order valence-electron chi connectivity index (χ0n) is 9.49. The number of nitrogens with one attached hydrogen (secondary N) is 1. The third-order valence-corrected chi connectivity index (χ3v) is 2.06. The summed E-state index contributed by atoms with van der Waals surface area (Å²) in [5.74, 6) is 1.12. The van der Waals surface area contributed by atoms with Gasteiger partial charge < -0.3 is 27.0 Å². The van der Waals surface area contributed by atoms with Gasteiger partial charge in [-0.3, -0.25) is 0 Å². The number of hydrogen-bond donors (Lipinski definition) is 2. The number of aryl methyl sites for hydroxylation is 1. The van der Waals surface area contributed by atoms with Crippen LogP contribution in [0, 0.1) is 6.92 Å². The van der Waals surface area contributed by atoms with Crippen LogP contribution in [0.25, 0.3) is 0 Å². The van der Waals surface area contributed by atoms with Gasteiger partial charge in [-0.05, 0) is 0 Å². The molecule has 0 aliphatic carbocycles. The molecule has 1 aromatic heterocycles. The Kier molecular flexibility index (Phi) is 9.22. The molecule has 0 amide bonds. The highest BCUT2D eigenvalue weighted by atomic mass is 35.5. The predicted molar refractivity (Wildman–Crippen MR) is 54.4 cm³/mol. The monoisotopic (exact) mass is 250 g/mol. The topological polar surface area (TPSA) is 58.4 Å². The van der Waals surface area contributed by atoms with Crippen LogP contribution in [0.4, 0.5) is 0 Å². The first-order valence-corrected chi connectivity index (χ1v) is 5.14. The number of aliphatic hydroxyl groups excluding tert-OH is 1. The molecule has 94 valence electrons. The Balaban J connectivity index is 0.00000225. The molecule has 5 nitrogen and oxygen atoms in total. The van der Waals surface area contributed by atoms with E-state index in [0.29, 0.717) is 26.4 Å². The summed E-state index contributed by atoms with van der Waals surface area (Å²) in [5.41, 5.74) is 0. The lowest BCUT2D eigenvalue weighted by molar-refractivity contribution is -0.703. The fourth-order valence-electron chi connectivity index (χ4n) is 1.23. The van der Waals surface area contributed by atoms with Gasteiger partial charge >= 0.3 is 0 Å². The number of H-pyrrole nitrogens is 1. The Labute approximate surface area is 102 Å². The average molecular weight is 251 g/mol. The lowest BCUT2D eigenvalue weighted by Crippen LogP contribution is -3.00. The normalized spacial score (nSPS) is 10.1. The van der Waals surface area contributed by atoms with Gasteiger partial charge in [0.05, 0.1) is 33.0 Å². The molecule has 0 aliphatic rings. The summed E-state index contributed by atoms with van der Waals surface area (Å²) in [6.45, 7) is 5.10. The summed E-state index contributed by atoms with van der Waals surface area (Å²) in [6, 6.07) is 0. The first-order chi connectivity index (χ1) is 7.34. The molecule has 0 atom stereocenters. The lowest BCUT2D eigenvalue weighted by atomic mass is 10.6. The maximum absolute atomic E-state index is 8.45. The van der Waals surface area contributed by atoms with Gasteiger partial charge in [-0.1, -0.05) is 0 Å². The number of halogens is 1. The van der Waals surface area contributed by atoms with Crippen molar-refractivity contribution in [1.29, 1.82) is 0 Å². The smallest absolute Gasteiger partial charge is 0.251 e. The lowest BCUT2D eigenvalue weighted by Gasteiger charge is -2.03. The molecular formula is C10H19ClN2O3. The van der Waals surface area contributed by atoms with Crippen LogP contribution in [0.2, 0.25) is 0 Å². The minimum absolute atomic E-state index is 0. The molecule has 0 aliphatic heterocycles. The minimum Gasteiger partial charge on any atom is -1.00 e. The highest BCUT2D eigenvalue weighted by molar-refractivity contribution is 4.70. The van der Waals surface area contributed by atoms with E-state index in [1.165, 1.54) is 0 Å². The van der Waals surface area contributed by atoms with E-state index in [1.54, 1.807) is 0 Å². The van der Waals surface area contributed by atoms with Gasteiger partial charge in [0.25, 0.3) is 5.82 Å². The van der Waals surface area contributed by atoms with Crippen molar-refractivity contribution in [1.82, 2.24) is 4.98 Å². The van der Waals surface area contributed by atoms with Crippen molar-refractivity contribution in [2.24, 2.45) is 0 Å². The molecule has 0 saturated carbocycles. The zero-order valence-corrected chi connectivity index (χ0v) is 10.2. The van der Waals surface area contributed by atoms with Gasteiger partial charge in [-0.2, -0.15) is 0 Å². The van der Waals surface area contributed by atoms with Gasteiger partial charge in [-0.25, -0.2) is 9.55 Å². The average Bonchev–Trinajstić information content (AvgIpc) is 2.63. The van der Waals surface area contributed by atoms with Crippen molar-refractivity contribution in [3.05, 3.63) is 18.2 Å². The molecule has 0 bridgehead atoms. The number of nitrogens with zero attached hydrogens (tertiary/aromatic N) is 1. The van der Waals surface area contributed by atoms with Gasteiger partial charge in [0.2, 0.25) is 0 Å². The fourth-order valence-corrected chi connectivity index (χ4v) is 1.23. The van der Waals surface area contributed by atoms with E-state index in [2.05, 4.69) is 9.55 Å². The first-order valence-electron chi connectivity index (χ1n) is 5.14. The molecule has 1 aromatic rings. The second-order valence-electron chi connectivity index (χ2n) is 3.19. The van der Waals surface area contributed by atoms with Crippen molar-refractivity contribution in [3.63, 3.8) is 0 Å².